The van der Waals surface area contributed by atoms with Crippen LogP contribution >= 0.6 is 0 Å². The van der Waals surface area contributed by atoms with Crippen molar-refractivity contribution in [3.05, 3.63) is 0 Å². The lowest BCUT2D eigenvalue weighted by atomic mass is 9.75. The molecular formula is C10H22BO. The van der Waals surface area contributed by atoms with E-state index in [1.807, 2.05) is 0 Å². The molecule has 1 nitrogen and oxygen atoms in total. The van der Waals surface area contributed by atoms with E-state index >= 15 is 0 Å². The second kappa shape index (κ2) is 7.66. The van der Waals surface area contributed by atoms with E-state index in [0.717, 1.165) is 12.2 Å². The maximum atomic E-state index is 8.76. The van der Waals surface area contributed by atoms with Gasteiger partial charge in [-0.15, -0.1) is 0 Å². The van der Waals surface area contributed by atoms with Crippen molar-refractivity contribution in [3.8, 4) is 0 Å². The highest BCUT2D eigenvalue weighted by Gasteiger charge is 2.14. The van der Waals surface area contributed by atoms with E-state index in [2.05, 4.69) is 20.8 Å². The number of hydrogen-bond donors (Lipinski definition) is 1. The fraction of sp³-hybridized carbons (Fsp3) is 1.00. The molecule has 0 bridgehead atoms. The fourth-order valence-corrected chi connectivity index (χ4v) is 1.57. The van der Waals surface area contributed by atoms with Crippen LogP contribution in [-0.4, -0.2) is 12.5 Å². The SMILES string of the molecule is CCCC[C@H](C[B]O)C(C)CC. The van der Waals surface area contributed by atoms with Crippen molar-refractivity contribution in [1.82, 2.24) is 0 Å². The van der Waals surface area contributed by atoms with Crippen molar-refractivity contribution in [2.24, 2.45) is 11.8 Å². The Morgan fingerprint density at radius 1 is 1.33 bits per heavy atom. The molecule has 0 aliphatic carbocycles. The van der Waals surface area contributed by atoms with E-state index in [1.165, 1.54) is 33.2 Å². The molecule has 2 heteroatoms. The van der Waals surface area contributed by atoms with Gasteiger partial charge in [-0.05, 0) is 18.2 Å². The van der Waals surface area contributed by atoms with Crippen LogP contribution < -0.4 is 0 Å². The molecule has 0 spiro atoms. The Morgan fingerprint density at radius 2 is 2.00 bits per heavy atom. The molecule has 0 rings (SSSR count). The average molecular weight is 169 g/mol. The summed E-state index contributed by atoms with van der Waals surface area (Å²) >= 11 is 0. The van der Waals surface area contributed by atoms with Crippen LogP contribution in [0.3, 0.4) is 0 Å². The summed E-state index contributed by atoms with van der Waals surface area (Å²) in [4.78, 5) is 0. The summed E-state index contributed by atoms with van der Waals surface area (Å²) in [7, 11) is 1.33. The largest absolute Gasteiger partial charge is 0.454 e. The summed E-state index contributed by atoms with van der Waals surface area (Å²) < 4.78 is 0. The Hall–Kier alpha value is 0.0249. The molecule has 71 valence electrons. The molecule has 0 heterocycles. The van der Waals surface area contributed by atoms with Crippen LogP contribution in [0.5, 0.6) is 0 Å². The Kier molecular flexibility index (Phi) is 7.68. The molecule has 0 aromatic heterocycles. The first-order valence-electron chi connectivity index (χ1n) is 5.22. The van der Waals surface area contributed by atoms with Crippen LogP contribution in [0.4, 0.5) is 0 Å². The molecule has 0 aromatic rings. The van der Waals surface area contributed by atoms with E-state index in [4.69, 9.17) is 5.02 Å². The van der Waals surface area contributed by atoms with Crippen LogP contribution in [0.1, 0.15) is 46.5 Å². The van der Waals surface area contributed by atoms with E-state index in [-0.39, 0.29) is 0 Å². The molecule has 0 amide bonds. The Bertz CT molecular complexity index is 95.8. The van der Waals surface area contributed by atoms with Crippen molar-refractivity contribution in [3.63, 3.8) is 0 Å². The highest BCUT2D eigenvalue weighted by Crippen LogP contribution is 2.24. The lowest BCUT2D eigenvalue weighted by molar-refractivity contribution is 0.339. The minimum Gasteiger partial charge on any atom is -0.454 e. The predicted molar refractivity (Wildman–Crippen MR) is 55.2 cm³/mol. The fourth-order valence-electron chi connectivity index (χ4n) is 1.57. The predicted octanol–water partition coefficient (Wildman–Crippen LogP) is 2.87. The maximum Gasteiger partial charge on any atom is 0.287 e. The van der Waals surface area contributed by atoms with E-state index < -0.39 is 0 Å². The van der Waals surface area contributed by atoms with Crippen LogP contribution in [0.25, 0.3) is 0 Å². The van der Waals surface area contributed by atoms with Crippen LogP contribution in [0.15, 0.2) is 0 Å². The van der Waals surface area contributed by atoms with Crippen molar-refractivity contribution < 1.29 is 5.02 Å². The zero-order valence-corrected chi connectivity index (χ0v) is 8.71. The molecule has 12 heavy (non-hydrogen) atoms. The van der Waals surface area contributed by atoms with Gasteiger partial charge < -0.3 is 5.02 Å². The normalized spacial score (nSPS) is 15.7. The minimum atomic E-state index is 0.694. The number of unbranched alkanes of at least 4 members (excludes halogenated alkanes) is 1. The molecule has 0 aliphatic rings. The lowest BCUT2D eigenvalue weighted by Gasteiger charge is -2.21. The summed E-state index contributed by atoms with van der Waals surface area (Å²) in [5.74, 6) is 1.44. The van der Waals surface area contributed by atoms with Gasteiger partial charge >= 0.3 is 0 Å². The lowest BCUT2D eigenvalue weighted by Crippen LogP contribution is -2.13. The van der Waals surface area contributed by atoms with E-state index in [0.29, 0.717) is 5.92 Å². The Balaban J connectivity index is 3.68. The third kappa shape index (κ3) is 4.81. The quantitative estimate of drug-likeness (QED) is 0.581. The van der Waals surface area contributed by atoms with Gasteiger partial charge in [0.05, 0.1) is 0 Å². The second-order valence-electron chi connectivity index (χ2n) is 3.71. The molecule has 0 saturated heterocycles. The third-order valence-electron chi connectivity index (χ3n) is 2.79. The summed E-state index contributed by atoms with van der Waals surface area (Å²) in [5.41, 5.74) is 0. The molecule has 0 aliphatic heterocycles. The maximum absolute atomic E-state index is 8.76. The molecular weight excluding hydrogens is 147 g/mol. The highest BCUT2D eigenvalue weighted by molar-refractivity contribution is 6.25. The second-order valence-corrected chi connectivity index (χ2v) is 3.71. The zero-order valence-electron chi connectivity index (χ0n) is 8.71. The zero-order chi connectivity index (χ0) is 9.40. The summed E-state index contributed by atoms with van der Waals surface area (Å²) in [5, 5.41) is 8.76. The van der Waals surface area contributed by atoms with Crippen LogP contribution in [0.2, 0.25) is 6.32 Å². The molecule has 0 saturated carbocycles. The molecule has 1 N–H and O–H groups in total. The number of hydrogen-bond acceptors (Lipinski definition) is 1. The van der Waals surface area contributed by atoms with Gasteiger partial charge in [0.25, 0.3) is 7.48 Å². The summed E-state index contributed by atoms with van der Waals surface area (Å²) in [6, 6.07) is 0. The van der Waals surface area contributed by atoms with Crippen molar-refractivity contribution in [1.29, 1.82) is 0 Å². The standard InChI is InChI=1S/C10H22BO/c1-4-6-7-10(8-11-12)9(3)5-2/h9-10,12H,4-8H2,1-3H3/t9?,10-/m1/s1. The first-order valence-corrected chi connectivity index (χ1v) is 5.22. The van der Waals surface area contributed by atoms with Gasteiger partial charge in [0.15, 0.2) is 0 Å². The summed E-state index contributed by atoms with van der Waals surface area (Å²) in [6.45, 7) is 6.72. The minimum absolute atomic E-state index is 0.694. The molecule has 0 fully saturated rings. The topological polar surface area (TPSA) is 20.2 Å². The van der Waals surface area contributed by atoms with Gasteiger partial charge in [-0.25, -0.2) is 0 Å². The third-order valence-corrected chi connectivity index (χ3v) is 2.79. The molecule has 1 unspecified atom stereocenters. The monoisotopic (exact) mass is 169 g/mol. The van der Waals surface area contributed by atoms with E-state index in [1.54, 1.807) is 0 Å². The van der Waals surface area contributed by atoms with Crippen molar-refractivity contribution in [2.75, 3.05) is 0 Å². The van der Waals surface area contributed by atoms with Gasteiger partial charge in [-0.1, -0.05) is 46.5 Å². The van der Waals surface area contributed by atoms with E-state index in [9.17, 15) is 0 Å². The molecule has 1 radical (unpaired) electrons. The van der Waals surface area contributed by atoms with Crippen LogP contribution in [-0.2, 0) is 0 Å². The molecule has 2 atom stereocenters. The van der Waals surface area contributed by atoms with Crippen molar-refractivity contribution >= 4 is 7.48 Å². The summed E-state index contributed by atoms with van der Waals surface area (Å²) in [6.07, 6.45) is 5.92. The van der Waals surface area contributed by atoms with Gasteiger partial charge in [-0.2, -0.15) is 0 Å². The Morgan fingerprint density at radius 3 is 2.42 bits per heavy atom. The van der Waals surface area contributed by atoms with Gasteiger partial charge in [0.2, 0.25) is 0 Å². The number of rotatable bonds is 7. The highest BCUT2D eigenvalue weighted by atomic mass is 16.2. The van der Waals surface area contributed by atoms with Gasteiger partial charge in [0.1, 0.15) is 0 Å². The smallest absolute Gasteiger partial charge is 0.287 e. The van der Waals surface area contributed by atoms with Crippen molar-refractivity contribution in [2.45, 2.75) is 52.8 Å². The Labute approximate surface area is 77.8 Å². The molecule has 0 aromatic carbocycles. The van der Waals surface area contributed by atoms with Gasteiger partial charge in [-0.3, -0.25) is 0 Å². The first kappa shape index (κ1) is 12.0. The van der Waals surface area contributed by atoms with Crippen LogP contribution in [0, 0.1) is 11.8 Å². The first-order chi connectivity index (χ1) is 5.76. The average Bonchev–Trinajstić information content (AvgIpc) is 2.11. The van der Waals surface area contributed by atoms with Gasteiger partial charge in [0, 0.05) is 0 Å².